The van der Waals surface area contributed by atoms with Gasteiger partial charge in [-0.1, -0.05) is 30.3 Å². The number of nitrogens with zero attached hydrogens (tertiary/aromatic N) is 1. The van der Waals surface area contributed by atoms with Crippen LogP contribution in [0.4, 0.5) is 4.79 Å². The lowest BCUT2D eigenvalue weighted by atomic mass is 10.1. The Morgan fingerprint density at radius 3 is 2.42 bits per heavy atom. The van der Waals surface area contributed by atoms with Crippen LogP contribution in [-0.4, -0.2) is 46.3 Å². The van der Waals surface area contributed by atoms with Gasteiger partial charge in [-0.25, -0.2) is 9.59 Å². The summed E-state index contributed by atoms with van der Waals surface area (Å²) in [5.41, 5.74) is -1.01. The second kappa shape index (κ2) is 6.19. The summed E-state index contributed by atoms with van der Waals surface area (Å²) < 4.78 is 0. The molecule has 0 heterocycles. The quantitative estimate of drug-likeness (QED) is 0.730. The summed E-state index contributed by atoms with van der Waals surface area (Å²) >= 11 is 0. The second-order valence-corrected chi connectivity index (χ2v) is 4.58. The molecule has 0 saturated carbocycles. The van der Waals surface area contributed by atoms with E-state index in [-0.39, 0.29) is 6.54 Å². The average Bonchev–Trinajstić information content (AvgIpc) is 2.37. The number of carbonyl (C=O) groups excluding carboxylic acids is 1. The van der Waals surface area contributed by atoms with Crippen LogP contribution < -0.4 is 5.32 Å². The molecule has 2 amide bonds. The van der Waals surface area contributed by atoms with Crippen molar-refractivity contribution in [3.8, 4) is 0 Å². The molecule has 0 aliphatic rings. The minimum atomic E-state index is -1.97. The summed E-state index contributed by atoms with van der Waals surface area (Å²) in [6, 6.07) is 8.96. The minimum Gasteiger partial charge on any atom is -0.479 e. The van der Waals surface area contributed by atoms with Crippen LogP contribution in [0, 0.1) is 0 Å². The number of carboxylic acid groups (broad SMARTS) is 1. The van der Waals surface area contributed by atoms with Crippen LogP contribution in [0.2, 0.25) is 0 Å². The zero-order chi connectivity index (χ0) is 14.5. The van der Waals surface area contributed by atoms with Gasteiger partial charge in [-0.2, -0.15) is 0 Å². The van der Waals surface area contributed by atoms with Crippen molar-refractivity contribution < 1.29 is 19.8 Å². The first-order chi connectivity index (χ1) is 8.83. The highest BCUT2D eigenvalue weighted by molar-refractivity contribution is 5.79. The van der Waals surface area contributed by atoms with Crippen molar-refractivity contribution >= 4 is 12.0 Å². The highest BCUT2D eigenvalue weighted by Crippen LogP contribution is 2.04. The summed E-state index contributed by atoms with van der Waals surface area (Å²) in [7, 11) is 1.60. The molecule has 1 unspecified atom stereocenters. The molecule has 0 bridgehead atoms. The molecule has 0 spiro atoms. The van der Waals surface area contributed by atoms with Crippen LogP contribution in [0.1, 0.15) is 12.5 Å². The van der Waals surface area contributed by atoms with Crippen LogP contribution in [0.25, 0.3) is 0 Å². The lowest BCUT2D eigenvalue weighted by Crippen LogP contribution is -2.49. The number of nitrogens with one attached hydrogen (secondary N) is 1. The number of carbonyl (C=O) groups is 2. The van der Waals surface area contributed by atoms with E-state index in [1.54, 1.807) is 7.05 Å². The number of rotatable bonds is 5. The molecule has 0 fully saturated rings. The first-order valence-corrected chi connectivity index (χ1v) is 5.81. The average molecular weight is 266 g/mol. The molecular weight excluding hydrogens is 248 g/mol. The topological polar surface area (TPSA) is 89.9 Å². The van der Waals surface area contributed by atoms with Crippen LogP contribution in [-0.2, 0) is 11.3 Å². The highest BCUT2D eigenvalue weighted by Gasteiger charge is 2.30. The second-order valence-electron chi connectivity index (χ2n) is 4.58. The van der Waals surface area contributed by atoms with Crippen molar-refractivity contribution in [1.82, 2.24) is 10.2 Å². The molecule has 3 N–H and O–H groups in total. The molecule has 1 atom stereocenters. The summed E-state index contributed by atoms with van der Waals surface area (Å²) in [4.78, 5) is 23.8. The van der Waals surface area contributed by atoms with Gasteiger partial charge in [0.2, 0.25) is 0 Å². The first-order valence-electron chi connectivity index (χ1n) is 5.81. The fourth-order valence-corrected chi connectivity index (χ4v) is 1.39. The van der Waals surface area contributed by atoms with Crippen LogP contribution in [0.3, 0.4) is 0 Å². The number of aliphatic carboxylic acids is 1. The van der Waals surface area contributed by atoms with Gasteiger partial charge in [-0.15, -0.1) is 0 Å². The molecule has 6 nitrogen and oxygen atoms in total. The van der Waals surface area contributed by atoms with E-state index in [0.717, 1.165) is 12.5 Å². The number of urea groups is 1. The molecule has 0 aromatic heterocycles. The SMILES string of the molecule is CN(Cc1ccccc1)C(=O)NCC(C)(O)C(=O)O. The lowest BCUT2D eigenvalue weighted by molar-refractivity contribution is -0.155. The van der Waals surface area contributed by atoms with E-state index < -0.39 is 17.6 Å². The number of aliphatic hydroxyl groups is 1. The highest BCUT2D eigenvalue weighted by atomic mass is 16.4. The molecule has 0 aliphatic carbocycles. The fourth-order valence-electron chi connectivity index (χ4n) is 1.39. The number of hydrogen-bond donors (Lipinski definition) is 3. The number of amides is 2. The normalized spacial score (nSPS) is 13.4. The summed E-state index contributed by atoms with van der Waals surface area (Å²) in [5.74, 6) is -1.38. The Hall–Kier alpha value is -2.08. The maximum atomic E-state index is 11.7. The van der Waals surface area contributed by atoms with Gasteiger partial charge in [0.1, 0.15) is 0 Å². The molecule has 19 heavy (non-hydrogen) atoms. The molecule has 1 aromatic rings. The Morgan fingerprint density at radius 1 is 1.32 bits per heavy atom. The van der Waals surface area contributed by atoms with Gasteiger partial charge in [-0.3, -0.25) is 0 Å². The van der Waals surface area contributed by atoms with Crippen molar-refractivity contribution in [2.45, 2.75) is 19.1 Å². The Bertz CT molecular complexity index is 445. The lowest BCUT2D eigenvalue weighted by Gasteiger charge is -2.22. The largest absolute Gasteiger partial charge is 0.479 e. The van der Waals surface area contributed by atoms with E-state index in [1.807, 2.05) is 30.3 Å². The molecule has 6 heteroatoms. The predicted octanol–water partition coefficient (Wildman–Crippen LogP) is 0.664. The van der Waals surface area contributed by atoms with Gasteiger partial charge in [-0.05, 0) is 12.5 Å². The third-order valence-corrected chi connectivity index (χ3v) is 2.65. The van der Waals surface area contributed by atoms with Crippen molar-refractivity contribution in [3.63, 3.8) is 0 Å². The Labute approximate surface area is 111 Å². The van der Waals surface area contributed by atoms with Crippen LogP contribution in [0.15, 0.2) is 30.3 Å². The fraction of sp³-hybridized carbons (Fsp3) is 0.385. The molecule has 0 aliphatic heterocycles. The Balaban J connectivity index is 2.48. The van der Waals surface area contributed by atoms with Gasteiger partial charge in [0.05, 0.1) is 6.54 Å². The minimum absolute atomic E-state index is 0.347. The van der Waals surface area contributed by atoms with E-state index in [9.17, 15) is 14.7 Å². The first kappa shape index (κ1) is 15.0. The monoisotopic (exact) mass is 266 g/mol. The van der Waals surface area contributed by atoms with Crippen molar-refractivity contribution in [2.75, 3.05) is 13.6 Å². The molecule has 0 saturated heterocycles. The van der Waals surface area contributed by atoms with Gasteiger partial charge in [0, 0.05) is 13.6 Å². The number of benzene rings is 1. The van der Waals surface area contributed by atoms with Gasteiger partial charge in [0.15, 0.2) is 5.60 Å². The molecule has 1 rings (SSSR count). The van der Waals surface area contributed by atoms with Crippen molar-refractivity contribution in [1.29, 1.82) is 0 Å². The Kier molecular flexibility index (Phi) is 4.88. The van der Waals surface area contributed by atoms with Crippen LogP contribution >= 0.6 is 0 Å². The van der Waals surface area contributed by atoms with Gasteiger partial charge < -0.3 is 20.4 Å². The van der Waals surface area contributed by atoms with E-state index in [0.29, 0.717) is 6.54 Å². The van der Waals surface area contributed by atoms with Crippen molar-refractivity contribution in [2.24, 2.45) is 0 Å². The van der Waals surface area contributed by atoms with Gasteiger partial charge in [0.25, 0.3) is 0 Å². The number of carboxylic acids is 1. The van der Waals surface area contributed by atoms with E-state index >= 15 is 0 Å². The third kappa shape index (κ3) is 4.59. The number of hydrogen-bond acceptors (Lipinski definition) is 3. The molecule has 0 radical (unpaired) electrons. The zero-order valence-corrected chi connectivity index (χ0v) is 11.0. The Morgan fingerprint density at radius 2 is 1.89 bits per heavy atom. The third-order valence-electron chi connectivity index (χ3n) is 2.65. The summed E-state index contributed by atoms with van der Waals surface area (Å²) in [5, 5.41) is 20.6. The molecule has 1 aromatic carbocycles. The zero-order valence-electron chi connectivity index (χ0n) is 11.0. The maximum absolute atomic E-state index is 11.7. The van der Waals surface area contributed by atoms with E-state index in [4.69, 9.17) is 5.11 Å². The van der Waals surface area contributed by atoms with Crippen LogP contribution in [0.5, 0.6) is 0 Å². The van der Waals surface area contributed by atoms with E-state index in [1.165, 1.54) is 4.90 Å². The standard InChI is InChI=1S/C13H18N2O4/c1-13(19,11(16)17)9-14-12(18)15(2)8-10-6-4-3-5-7-10/h3-7,19H,8-9H2,1-2H3,(H,14,18)(H,16,17). The molecule has 104 valence electrons. The maximum Gasteiger partial charge on any atom is 0.337 e. The predicted molar refractivity (Wildman–Crippen MR) is 69.6 cm³/mol. The molecular formula is C13H18N2O4. The smallest absolute Gasteiger partial charge is 0.337 e. The summed E-state index contributed by atoms with van der Waals surface area (Å²) in [6.07, 6.45) is 0. The van der Waals surface area contributed by atoms with Crippen molar-refractivity contribution in [3.05, 3.63) is 35.9 Å². The summed E-state index contributed by atoms with van der Waals surface area (Å²) in [6.45, 7) is 1.19. The van der Waals surface area contributed by atoms with Gasteiger partial charge >= 0.3 is 12.0 Å². The van der Waals surface area contributed by atoms with E-state index in [2.05, 4.69) is 5.32 Å².